The van der Waals surface area contributed by atoms with Crippen molar-refractivity contribution in [2.75, 3.05) is 26.8 Å². The Morgan fingerprint density at radius 1 is 1.30 bits per heavy atom. The summed E-state index contributed by atoms with van der Waals surface area (Å²) in [6.45, 7) is 10.3. The zero-order valence-electron chi connectivity index (χ0n) is 13.5. The zero-order valence-corrected chi connectivity index (χ0v) is 13.5. The first-order chi connectivity index (χ1) is 9.71. The highest BCUT2D eigenvalue weighted by atomic mass is 16.5. The predicted molar refractivity (Wildman–Crippen MR) is 81.8 cm³/mol. The first kappa shape index (κ1) is 17.1. The molecule has 1 rings (SSSR count). The van der Waals surface area contributed by atoms with Crippen LogP contribution in [0.25, 0.3) is 0 Å². The first-order valence-electron chi connectivity index (χ1n) is 7.77. The second kappa shape index (κ2) is 9.08. The Hall–Kier alpha value is -0.940. The van der Waals surface area contributed by atoms with Crippen LogP contribution >= 0.6 is 0 Å². The van der Waals surface area contributed by atoms with Crippen molar-refractivity contribution in [2.24, 2.45) is 5.41 Å². The lowest BCUT2D eigenvalue weighted by Gasteiger charge is -2.31. The second-order valence-corrected chi connectivity index (χ2v) is 5.45. The number of nitrogens with one attached hydrogen (secondary N) is 1. The van der Waals surface area contributed by atoms with Gasteiger partial charge < -0.3 is 10.1 Å². The summed E-state index contributed by atoms with van der Waals surface area (Å²) in [4.78, 5) is 4.46. The third-order valence-corrected chi connectivity index (χ3v) is 4.15. The highest BCUT2D eigenvalue weighted by Crippen LogP contribution is 2.29. The predicted octanol–water partition coefficient (Wildman–Crippen LogP) is 2.27. The Bertz CT molecular complexity index is 361. The minimum absolute atomic E-state index is 0.256. The summed E-state index contributed by atoms with van der Waals surface area (Å²) >= 11 is 0. The molecule has 1 heterocycles. The van der Waals surface area contributed by atoms with Crippen LogP contribution in [0.1, 0.15) is 45.9 Å². The van der Waals surface area contributed by atoms with E-state index in [2.05, 4.69) is 40.9 Å². The van der Waals surface area contributed by atoms with Crippen molar-refractivity contribution in [1.82, 2.24) is 20.1 Å². The summed E-state index contributed by atoms with van der Waals surface area (Å²) in [7, 11) is 1.74. The van der Waals surface area contributed by atoms with Gasteiger partial charge in [0.25, 0.3) is 0 Å². The molecule has 0 fully saturated rings. The number of nitrogens with zero attached hydrogens (tertiary/aromatic N) is 3. The molecule has 0 unspecified atom stereocenters. The van der Waals surface area contributed by atoms with Gasteiger partial charge in [-0.15, -0.1) is 0 Å². The third kappa shape index (κ3) is 4.87. The maximum absolute atomic E-state index is 5.09. The van der Waals surface area contributed by atoms with Crippen LogP contribution in [-0.2, 0) is 17.7 Å². The maximum Gasteiger partial charge on any atom is 0.138 e. The molecule has 5 heteroatoms. The molecule has 0 aliphatic carbocycles. The highest BCUT2D eigenvalue weighted by Gasteiger charge is 2.28. The Morgan fingerprint density at radius 2 is 2.05 bits per heavy atom. The summed E-state index contributed by atoms with van der Waals surface area (Å²) < 4.78 is 7.14. The Labute approximate surface area is 123 Å². The first-order valence-corrected chi connectivity index (χ1v) is 7.77. The van der Waals surface area contributed by atoms with Crippen molar-refractivity contribution in [2.45, 2.75) is 53.0 Å². The molecule has 5 nitrogen and oxygen atoms in total. The van der Waals surface area contributed by atoms with Gasteiger partial charge in [-0.3, -0.25) is 4.68 Å². The summed E-state index contributed by atoms with van der Waals surface area (Å²) in [5, 5.41) is 7.84. The van der Waals surface area contributed by atoms with Crippen molar-refractivity contribution < 1.29 is 4.74 Å². The third-order valence-electron chi connectivity index (χ3n) is 4.15. The summed E-state index contributed by atoms with van der Waals surface area (Å²) in [6, 6.07) is 0. The van der Waals surface area contributed by atoms with Crippen LogP contribution in [0.3, 0.4) is 0 Å². The molecular weight excluding hydrogens is 252 g/mol. The largest absolute Gasteiger partial charge is 0.383 e. The average Bonchev–Trinajstić information content (AvgIpc) is 2.90. The highest BCUT2D eigenvalue weighted by molar-refractivity contribution is 4.94. The fraction of sp³-hybridized carbons (Fsp3) is 0.867. The monoisotopic (exact) mass is 282 g/mol. The number of rotatable bonds is 11. The molecular formula is C15H30N4O. The van der Waals surface area contributed by atoms with Crippen LogP contribution in [0, 0.1) is 5.41 Å². The van der Waals surface area contributed by atoms with Gasteiger partial charge in [0.15, 0.2) is 0 Å². The number of hydrogen-bond donors (Lipinski definition) is 1. The molecule has 0 aliphatic heterocycles. The molecule has 0 spiro atoms. The standard InChI is InChI=1S/C15H30N4O/c1-5-9-19-14(17-13-18-19)11-15(6-2,7-3)12-16-8-10-20-4/h13,16H,5-12H2,1-4H3. The number of hydrogen-bond acceptors (Lipinski definition) is 4. The van der Waals surface area contributed by atoms with E-state index in [0.29, 0.717) is 0 Å². The minimum atomic E-state index is 0.256. The lowest BCUT2D eigenvalue weighted by Crippen LogP contribution is -2.37. The van der Waals surface area contributed by atoms with Crippen LogP contribution in [0.15, 0.2) is 6.33 Å². The summed E-state index contributed by atoms with van der Waals surface area (Å²) in [5.41, 5.74) is 0.256. The molecule has 0 aromatic carbocycles. The fourth-order valence-electron chi connectivity index (χ4n) is 2.50. The van der Waals surface area contributed by atoms with E-state index in [1.54, 1.807) is 13.4 Å². The van der Waals surface area contributed by atoms with E-state index in [1.165, 1.54) is 0 Å². The van der Waals surface area contributed by atoms with Crippen molar-refractivity contribution in [3.63, 3.8) is 0 Å². The molecule has 0 radical (unpaired) electrons. The van der Waals surface area contributed by atoms with E-state index in [4.69, 9.17) is 4.74 Å². The molecule has 0 aliphatic rings. The van der Waals surface area contributed by atoms with Crippen molar-refractivity contribution in [3.8, 4) is 0 Å². The molecule has 1 aromatic heterocycles. The molecule has 0 saturated carbocycles. The van der Waals surface area contributed by atoms with Crippen molar-refractivity contribution >= 4 is 0 Å². The quantitative estimate of drug-likeness (QED) is 0.633. The van der Waals surface area contributed by atoms with Gasteiger partial charge in [-0.2, -0.15) is 5.10 Å². The molecule has 1 N–H and O–H groups in total. The number of methoxy groups -OCH3 is 1. The smallest absolute Gasteiger partial charge is 0.138 e. The van der Waals surface area contributed by atoms with Crippen LogP contribution in [0.5, 0.6) is 0 Å². The van der Waals surface area contributed by atoms with Crippen molar-refractivity contribution in [1.29, 1.82) is 0 Å². The van der Waals surface area contributed by atoms with Crippen LogP contribution in [0.4, 0.5) is 0 Å². The molecule has 0 atom stereocenters. The van der Waals surface area contributed by atoms with Gasteiger partial charge >= 0.3 is 0 Å². The molecule has 0 bridgehead atoms. The average molecular weight is 282 g/mol. The normalized spacial score (nSPS) is 12.0. The van der Waals surface area contributed by atoms with Crippen LogP contribution < -0.4 is 5.32 Å². The molecule has 0 amide bonds. The topological polar surface area (TPSA) is 52.0 Å². The van der Waals surface area contributed by atoms with Gasteiger partial charge in [-0.25, -0.2) is 4.98 Å². The van der Waals surface area contributed by atoms with E-state index in [0.717, 1.165) is 57.7 Å². The number of aromatic nitrogens is 3. The van der Waals surface area contributed by atoms with E-state index in [9.17, 15) is 0 Å². The zero-order chi connectivity index (χ0) is 14.8. The molecule has 20 heavy (non-hydrogen) atoms. The SMILES string of the molecule is CCCn1ncnc1CC(CC)(CC)CNCCOC. The Morgan fingerprint density at radius 3 is 2.65 bits per heavy atom. The van der Waals surface area contributed by atoms with E-state index in [-0.39, 0.29) is 5.41 Å². The van der Waals surface area contributed by atoms with E-state index in [1.807, 2.05) is 0 Å². The maximum atomic E-state index is 5.09. The van der Waals surface area contributed by atoms with Gasteiger partial charge in [-0.05, 0) is 24.7 Å². The van der Waals surface area contributed by atoms with E-state index >= 15 is 0 Å². The van der Waals surface area contributed by atoms with Gasteiger partial charge in [0.2, 0.25) is 0 Å². The van der Waals surface area contributed by atoms with Gasteiger partial charge in [0.1, 0.15) is 12.2 Å². The number of aryl methyl sites for hydroxylation is 1. The lowest BCUT2D eigenvalue weighted by atomic mass is 9.78. The summed E-state index contributed by atoms with van der Waals surface area (Å²) in [6.07, 6.45) is 6.04. The minimum Gasteiger partial charge on any atom is -0.383 e. The molecule has 116 valence electrons. The van der Waals surface area contributed by atoms with Crippen LogP contribution in [0.2, 0.25) is 0 Å². The van der Waals surface area contributed by atoms with Gasteiger partial charge in [0.05, 0.1) is 6.61 Å². The second-order valence-electron chi connectivity index (χ2n) is 5.45. The summed E-state index contributed by atoms with van der Waals surface area (Å²) in [5.74, 6) is 1.11. The lowest BCUT2D eigenvalue weighted by molar-refractivity contribution is 0.184. The molecule has 1 aromatic rings. The van der Waals surface area contributed by atoms with Crippen LogP contribution in [-0.4, -0.2) is 41.6 Å². The van der Waals surface area contributed by atoms with Crippen molar-refractivity contribution in [3.05, 3.63) is 12.2 Å². The number of ether oxygens (including phenoxy) is 1. The van der Waals surface area contributed by atoms with Gasteiger partial charge in [0, 0.05) is 33.2 Å². The fourth-order valence-corrected chi connectivity index (χ4v) is 2.50. The van der Waals surface area contributed by atoms with E-state index < -0.39 is 0 Å². The van der Waals surface area contributed by atoms with Gasteiger partial charge in [-0.1, -0.05) is 20.8 Å². The molecule has 0 saturated heterocycles. The Kier molecular flexibility index (Phi) is 7.77. The Balaban J connectivity index is 2.66.